The Bertz CT molecular complexity index is 1520. The lowest BCUT2D eigenvalue weighted by molar-refractivity contribution is -0.120. The Morgan fingerprint density at radius 1 is 1.21 bits per heavy atom. The Kier molecular flexibility index (Phi) is 9.35. The molecule has 3 N–H and O–H groups in total. The third-order valence-electron chi connectivity index (χ3n) is 7.51. The summed E-state index contributed by atoms with van der Waals surface area (Å²) >= 11 is 0. The molecular formula is C30H39F3N4O5S. The van der Waals surface area contributed by atoms with Gasteiger partial charge in [0.1, 0.15) is 12.3 Å². The van der Waals surface area contributed by atoms with E-state index in [0.29, 0.717) is 36.6 Å². The van der Waals surface area contributed by atoms with Crippen LogP contribution in [0.2, 0.25) is 0 Å². The zero-order valence-corrected chi connectivity index (χ0v) is 24.9. The van der Waals surface area contributed by atoms with E-state index >= 15 is 0 Å². The molecule has 1 saturated heterocycles. The average molecular weight is 628 g/mol. The summed E-state index contributed by atoms with van der Waals surface area (Å²) < 4.78 is 96.0. The first-order valence-corrected chi connectivity index (χ1v) is 15.8. The van der Waals surface area contributed by atoms with Gasteiger partial charge in [-0.05, 0) is 37.1 Å². The highest BCUT2D eigenvalue weighted by Crippen LogP contribution is 2.39. The maximum absolute atomic E-state index is 13.7. The maximum Gasteiger partial charge on any atom is 0.405 e. The Morgan fingerprint density at radius 3 is 2.65 bits per heavy atom. The predicted molar refractivity (Wildman–Crippen MR) is 161 cm³/mol. The molecule has 2 atom stereocenters. The van der Waals surface area contributed by atoms with Gasteiger partial charge in [0, 0.05) is 68.4 Å². The van der Waals surface area contributed by atoms with Crippen molar-refractivity contribution in [3.63, 3.8) is 0 Å². The number of ether oxygens (including phenoxy) is 2. The molecule has 2 heterocycles. The van der Waals surface area contributed by atoms with Crippen LogP contribution in [0, 0.1) is 11.8 Å². The SMILES string of the molecule is [2H]C([2H])([2H])OCC(O)CN1CCC(Nc2cccc3c2CC(C#CCNc2ccc(S(C)(=O)=O)cc2OC)N3CC(F)(F)F)CC1. The Balaban J connectivity index is 1.40. The molecular weight excluding hydrogens is 585 g/mol. The number of hydrogen-bond acceptors (Lipinski definition) is 9. The van der Waals surface area contributed by atoms with Crippen LogP contribution in [0.3, 0.4) is 0 Å². The molecule has 0 bridgehead atoms. The van der Waals surface area contributed by atoms with E-state index in [4.69, 9.17) is 13.6 Å². The van der Waals surface area contributed by atoms with Crippen molar-refractivity contribution in [3.8, 4) is 17.6 Å². The second kappa shape index (κ2) is 14.1. The van der Waals surface area contributed by atoms with E-state index < -0.39 is 41.7 Å². The van der Waals surface area contributed by atoms with E-state index in [1.54, 1.807) is 18.2 Å². The molecule has 0 radical (unpaired) electrons. The Morgan fingerprint density at radius 2 is 1.98 bits per heavy atom. The number of nitrogens with one attached hydrogen (secondary N) is 2. The molecule has 13 heteroatoms. The minimum absolute atomic E-state index is 0.0629. The van der Waals surface area contributed by atoms with Gasteiger partial charge in [-0.15, -0.1) is 0 Å². The number of nitrogens with zero attached hydrogens (tertiary/aromatic N) is 2. The summed E-state index contributed by atoms with van der Waals surface area (Å²) in [5.74, 6) is 6.23. The number of sulfone groups is 1. The van der Waals surface area contributed by atoms with Crippen molar-refractivity contribution in [1.82, 2.24) is 4.90 Å². The number of methoxy groups -OCH3 is 2. The van der Waals surface area contributed by atoms with Crippen LogP contribution in [0.25, 0.3) is 0 Å². The van der Waals surface area contributed by atoms with Crippen molar-refractivity contribution < 1.29 is 40.3 Å². The van der Waals surface area contributed by atoms with Crippen molar-refractivity contribution in [2.45, 2.75) is 48.5 Å². The van der Waals surface area contributed by atoms with Crippen molar-refractivity contribution >= 4 is 26.9 Å². The number of halogens is 3. The minimum Gasteiger partial charge on any atom is -0.495 e. The first kappa shape index (κ1) is 28.6. The molecule has 0 aliphatic carbocycles. The Hall–Kier alpha value is -3.18. The fourth-order valence-corrected chi connectivity index (χ4v) is 6.10. The summed E-state index contributed by atoms with van der Waals surface area (Å²) in [6.07, 6.45) is -2.53. The van der Waals surface area contributed by atoms with Crippen LogP contribution < -0.4 is 20.3 Å². The average Bonchev–Trinajstić information content (AvgIpc) is 3.31. The number of fused-ring (bicyclic) bond motifs is 1. The van der Waals surface area contributed by atoms with E-state index in [1.165, 1.54) is 24.1 Å². The second-order valence-corrected chi connectivity index (χ2v) is 12.8. The molecule has 2 unspecified atom stereocenters. The van der Waals surface area contributed by atoms with Gasteiger partial charge in [0.2, 0.25) is 0 Å². The maximum atomic E-state index is 13.7. The van der Waals surface area contributed by atoms with Crippen molar-refractivity contribution in [3.05, 3.63) is 42.0 Å². The highest BCUT2D eigenvalue weighted by Gasteiger charge is 2.39. The van der Waals surface area contributed by atoms with Gasteiger partial charge in [-0.1, -0.05) is 17.9 Å². The molecule has 2 aliphatic heterocycles. The molecule has 236 valence electrons. The highest BCUT2D eigenvalue weighted by atomic mass is 32.2. The molecule has 43 heavy (non-hydrogen) atoms. The first-order valence-electron chi connectivity index (χ1n) is 15.4. The number of piperidine rings is 1. The van der Waals surface area contributed by atoms with Gasteiger partial charge in [0.15, 0.2) is 9.84 Å². The van der Waals surface area contributed by atoms with Gasteiger partial charge < -0.3 is 35.0 Å². The standard InChI is InChI=1S/C30H39F3N4O5S/c1-41-19-23(38)18-36-14-11-21(12-15-36)35-26-7-4-8-28-25(26)16-22(37(28)20-30(31,32)33)6-5-13-34-27-10-9-24(43(3,39)40)17-29(27)42-2/h4,7-10,17,21-23,34-35,38H,11-16,18-20H2,1-3H3/i1D3. The van der Waals surface area contributed by atoms with E-state index in [0.717, 1.165) is 30.3 Å². The minimum atomic E-state index is -4.44. The molecule has 0 spiro atoms. The highest BCUT2D eigenvalue weighted by molar-refractivity contribution is 7.90. The second-order valence-electron chi connectivity index (χ2n) is 10.8. The molecule has 2 aromatic rings. The van der Waals surface area contributed by atoms with Gasteiger partial charge in [0.05, 0.1) is 47.1 Å². The Labute approximate surface area is 255 Å². The van der Waals surface area contributed by atoms with Crippen LogP contribution in [0.5, 0.6) is 5.75 Å². The molecule has 9 nitrogen and oxygen atoms in total. The van der Waals surface area contributed by atoms with Gasteiger partial charge in [0.25, 0.3) is 0 Å². The zero-order valence-electron chi connectivity index (χ0n) is 27.1. The van der Waals surface area contributed by atoms with E-state index in [-0.39, 0.29) is 30.6 Å². The van der Waals surface area contributed by atoms with E-state index in [2.05, 4.69) is 22.5 Å². The fourth-order valence-electron chi connectivity index (χ4n) is 5.47. The van der Waals surface area contributed by atoms with Crippen LogP contribution in [0.4, 0.5) is 30.2 Å². The third kappa shape index (κ3) is 8.92. The summed E-state index contributed by atoms with van der Waals surface area (Å²) in [5, 5.41) is 16.7. The molecule has 2 aromatic carbocycles. The number of anilines is 3. The molecule has 4 rings (SSSR count). The van der Waals surface area contributed by atoms with Crippen LogP contribution >= 0.6 is 0 Å². The van der Waals surface area contributed by atoms with E-state index in [9.17, 15) is 26.7 Å². The third-order valence-corrected chi connectivity index (χ3v) is 8.62. The van der Waals surface area contributed by atoms with E-state index in [1.807, 2.05) is 11.0 Å². The summed E-state index contributed by atoms with van der Waals surface area (Å²) in [4.78, 5) is 3.40. The zero-order chi connectivity index (χ0) is 33.7. The normalized spacial score (nSPS) is 19.8. The van der Waals surface area contributed by atoms with Crippen molar-refractivity contribution in [2.24, 2.45) is 0 Å². The first-order chi connectivity index (χ1) is 21.5. The quantitative estimate of drug-likeness (QED) is 0.324. The molecule has 0 amide bonds. The van der Waals surface area contributed by atoms with Crippen molar-refractivity contribution in [2.75, 3.05) is 75.3 Å². The topological polar surface area (TPSA) is 103 Å². The van der Waals surface area contributed by atoms with Crippen LogP contribution in [0.15, 0.2) is 41.3 Å². The number of hydrogen-bond donors (Lipinski definition) is 3. The number of likely N-dealkylation sites (tertiary alicyclic amines) is 1. The largest absolute Gasteiger partial charge is 0.495 e. The monoisotopic (exact) mass is 627 g/mol. The van der Waals surface area contributed by atoms with Crippen molar-refractivity contribution in [1.29, 1.82) is 0 Å². The van der Waals surface area contributed by atoms with Gasteiger partial charge in [-0.2, -0.15) is 13.2 Å². The fraction of sp³-hybridized carbons (Fsp3) is 0.533. The molecule has 0 saturated carbocycles. The molecule has 0 aromatic heterocycles. The predicted octanol–water partition coefficient (Wildman–Crippen LogP) is 3.39. The lowest BCUT2D eigenvalue weighted by Gasteiger charge is -2.34. The van der Waals surface area contributed by atoms with Gasteiger partial charge >= 0.3 is 6.18 Å². The molecule has 1 fully saturated rings. The number of aliphatic hydroxyl groups is 1. The number of aliphatic hydroxyl groups excluding tert-OH is 1. The number of benzene rings is 2. The number of alkyl halides is 3. The summed E-state index contributed by atoms with van der Waals surface area (Å²) in [6, 6.07) is 8.99. The van der Waals surface area contributed by atoms with Crippen LogP contribution in [-0.2, 0) is 21.0 Å². The smallest absolute Gasteiger partial charge is 0.405 e. The van der Waals surface area contributed by atoms with Gasteiger partial charge in [-0.3, -0.25) is 0 Å². The lowest BCUT2D eigenvalue weighted by atomic mass is 10.0. The summed E-state index contributed by atoms with van der Waals surface area (Å²) in [7, 11) is -4.59. The van der Waals surface area contributed by atoms with Crippen LogP contribution in [0.1, 0.15) is 22.5 Å². The lowest BCUT2D eigenvalue weighted by Crippen LogP contribution is -2.43. The number of β-amino-alcohol motifs (C(OH)–C–C–N with tert-alkyl or cyclic N) is 1. The molecule has 2 aliphatic rings. The van der Waals surface area contributed by atoms with Gasteiger partial charge in [-0.25, -0.2) is 8.42 Å². The number of rotatable bonds is 11. The van der Waals surface area contributed by atoms with Crippen LogP contribution in [-0.4, -0.2) is 103 Å². The summed E-state index contributed by atoms with van der Waals surface area (Å²) in [5.41, 5.74) is 2.49. The summed E-state index contributed by atoms with van der Waals surface area (Å²) in [6.45, 7) is 0.252.